The van der Waals surface area contributed by atoms with E-state index in [1.54, 1.807) is 19.1 Å². The molecule has 0 bridgehead atoms. The Labute approximate surface area is 171 Å². The van der Waals surface area contributed by atoms with Crippen LogP contribution in [0.5, 0.6) is 0 Å². The first-order chi connectivity index (χ1) is 13.7. The number of carbonyl (C=O) groups excluding carboxylic acids is 1. The van der Waals surface area contributed by atoms with E-state index in [-0.39, 0.29) is 15.9 Å². The molecule has 11 heteroatoms. The van der Waals surface area contributed by atoms with Gasteiger partial charge in [0.15, 0.2) is 11.6 Å². The standard InChI is InChI=1S/C18H12BrF3N6O/c1-10(16-25-9-28(27-16)15-3-2-11(7-23)8-24-15)26-17(29)12-4-13(18(20,21)22)6-14(19)5-12/h2-6,8-10H,1H3,(H,26,29). The van der Waals surface area contributed by atoms with Crippen molar-refractivity contribution in [1.29, 1.82) is 5.26 Å². The van der Waals surface area contributed by atoms with Crippen LogP contribution in [0.4, 0.5) is 13.2 Å². The zero-order valence-corrected chi connectivity index (χ0v) is 16.4. The summed E-state index contributed by atoms with van der Waals surface area (Å²) in [6.45, 7) is 1.60. The zero-order valence-electron chi connectivity index (χ0n) is 14.8. The fourth-order valence-corrected chi connectivity index (χ4v) is 2.89. The van der Waals surface area contributed by atoms with Crippen molar-refractivity contribution in [2.45, 2.75) is 19.1 Å². The van der Waals surface area contributed by atoms with Crippen molar-refractivity contribution in [3.63, 3.8) is 0 Å². The topological polar surface area (TPSA) is 96.5 Å². The summed E-state index contributed by atoms with van der Waals surface area (Å²) in [6, 6.07) is 7.41. The maximum absolute atomic E-state index is 13.0. The maximum atomic E-state index is 13.0. The molecule has 0 aliphatic carbocycles. The summed E-state index contributed by atoms with van der Waals surface area (Å²) in [4.78, 5) is 20.6. The van der Waals surface area contributed by atoms with E-state index in [0.29, 0.717) is 11.4 Å². The van der Waals surface area contributed by atoms with E-state index in [4.69, 9.17) is 5.26 Å². The van der Waals surface area contributed by atoms with Gasteiger partial charge in [-0.05, 0) is 37.3 Å². The number of rotatable bonds is 4. The number of nitriles is 1. The highest BCUT2D eigenvalue weighted by atomic mass is 79.9. The number of alkyl halides is 3. The van der Waals surface area contributed by atoms with E-state index < -0.39 is 23.7 Å². The molecule has 2 aromatic heterocycles. The van der Waals surface area contributed by atoms with Gasteiger partial charge in [0.05, 0.1) is 17.2 Å². The van der Waals surface area contributed by atoms with Crippen LogP contribution in [0.15, 0.2) is 47.3 Å². The van der Waals surface area contributed by atoms with Crippen molar-refractivity contribution in [2.75, 3.05) is 0 Å². The number of hydrogen-bond acceptors (Lipinski definition) is 5. The number of halogens is 4. The summed E-state index contributed by atoms with van der Waals surface area (Å²) in [5.41, 5.74) is -0.687. The highest BCUT2D eigenvalue weighted by molar-refractivity contribution is 9.10. The van der Waals surface area contributed by atoms with E-state index in [2.05, 4.69) is 36.3 Å². The van der Waals surface area contributed by atoms with Crippen LogP contribution >= 0.6 is 15.9 Å². The number of benzene rings is 1. The zero-order chi connectivity index (χ0) is 21.2. The van der Waals surface area contributed by atoms with Crippen LogP contribution in [-0.2, 0) is 6.18 Å². The lowest BCUT2D eigenvalue weighted by Gasteiger charge is -2.13. The van der Waals surface area contributed by atoms with E-state index in [9.17, 15) is 18.0 Å². The molecule has 2 heterocycles. The second-order valence-corrected chi connectivity index (χ2v) is 6.90. The van der Waals surface area contributed by atoms with Crippen LogP contribution in [0.25, 0.3) is 5.82 Å². The first kappa shape index (κ1) is 20.5. The molecule has 3 aromatic rings. The number of pyridine rings is 1. The molecule has 1 atom stereocenters. The number of carbonyl (C=O) groups is 1. The molecule has 3 rings (SSSR count). The van der Waals surface area contributed by atoms with Crippen molar-refractivity contribution >= 4 is 21.8 Å². The van der Waals surface area contributed by atoms with Crippen LogP contribution in [0.1, 0.15) is 40.3 Å². The summed E-state index contributed by atoms with van der Waals surface area (Å²) >= 11 is 2.99. The molecule has 0 saturated heterocycles. The molecule has 148 valence electrons. The Morgan fingerprint density at radius 2 is 2.03 bits per heavy atom. The minimum absolute atomic E-state index is 0.138. The monoisotopic (exact) mass is 464 g/mol. The molecule has 29 heavy (non-hydrogen) atoms. The average molecular weight is 465 g/mol. The molecule has 1 aromatic carbocycles. The van der Waals surface area contributed by atoms with Gasteiger partial charge in [-0.2, -0.15) is 18.4 Å². The quantitative estimate of drug-likeness (QED) is 0.633. The Kier molecular flexibility index (Phi) is 5.65. The molecule has 0 spiro atoms. The van der Waals surface area contributed by atoms with E-state index >= 15 is 0 Å². The van der Waals surface area contributed by atoms with Gasteiger partial charge in [0.2, 0.25) is 0 Å². The Morgan fingerprint density at radius 1 is 1.28 bits per heavy atom. The van der Waals surface area contributed by atoms with Gasteiger partial charge < -0.3 is 5.32 Å². The lowest BCUT2D eigenvalue weighted by molar-refractivity contribution is -0.137. The lowest BCUT2D eigenvalue weighted by atomic mass is 10.1. The van der Waals surface area contributed by atoms with Gasteiger partial charge in [-0.25, -0.2) is 14.6 Å². The SMILES string of the molecule is CC(NC(=O)c1cc(Br)cc(C(F)(F)F)c1)c1ncn(-c2ccc(C#N)cn2)n1. The number of aromatic nitrogens is 4. The fourth-order valence-electron chi connectivity index (χ4n) is 2.40. The first-order valence-electron chi connectivity index (χ1n) is 8.14. The van der Waals surface area contributed by atoms with Crippen molar-refractivity contribution in [2.24, 2.45) is 0 Å². The molecular formula is C18H12BrF3N6O. The van der Waals surface area contributed by atoms with Crippen LogP contribution in [0.2, 0.25) is 0 Å². The third-order valence-electron chi connectivity index (χ3n) is 3.84. The van der Waals surface area contributed by atoms with Crippen molar-refractivity contribution in [1.82, 2.24) is 25.1 Å². The fraction of sp³-hybridized carbons (Fsp3) is 0.167. The van der Waals surface area contributed by atoms with E-state index in [0.717, 1.165) is 12.1 Å². The van der Waals surface area contributed by atoms with Crippen LogP contribution < -0.4 is 5.32 Å². The molecule has 1 amide bonds. The van der Waals surface area contributed by atoms with E-state index in [1.807, 2.05) is 6.07 Å². The molecule has 7 nitrogen and oxygen atoms in total. The van der Waals surface area contributed by atoms with Crippen LogP contribution in [0.3, 0.4) is 0 Å². The molecule has 0 saturated carbocycles. The number of nitrogens with zero attached hydrogens (tertiary/aromatic N) is 5. The summed E-state index contributed by atoms with van der Waals surface area (Å²) in [5.74, 6) is -0.0317. The summed E-state index contributed by atoms with van der Waals surface area (Å²) in [6.07, 6.45) is -1.81. The average Bonchev–Trinajstić information content (AvgIpc) is 3.17. The van der Waals surface area contributed by atoms with Crippen LogP contribution in [0, 0.1) is 11.3 Å². The van der Waals surface area contributed by atoms with Gasteiger partial charge in [-0.3, -0.25) is 4.79 Å². The van der Waals surface area contributed by atoms with E-state index in [1.165, 1.54) is 23.3 Å². The van der Waals surface area contributed by atoms with Gasteiger partial charge in [0.25, 0.3) is 5.91 Å². The summed E-state index contributed by atoms with van der Waals surface area (Å²) in [5, 5.41) is 15.6. The molecule has 0 aliphatic heterocycles. The Hall–Kier alpha value is -3.26. The second-order valence-electron chi connectivity index (χ2n) is 5.99. The molecule has 1 unspecified atom stereocenters. The Morgan fingerprint density at radius 3 is 2.66 bits per heavy atom. The number of hydrogen-bond donors (Lipinski definition) is 1. The largest absolute Gasteiger partial charge is 0.416 e. The predicted octanol–water partition coefficient (Wildman–Crippen LogP) is 3.81. The smallest absolute Gasteiger partial charge is 0.342 e. The number of nitrogens with one attached hydrogen (secondary N) is 1. The highest BCUT2D eigenvalue weighted by Crippen LogP contribution is 2.32. The third kappa shape index (κ3) is 4.78. The third-order valence-corrected chi connectivity index (χ3v) is 4.30. The van der Waals surface area contributed by atoms with Crippen molar-refractivity contribution in [3.05, 3.63) is 69.8 Å². The Bertz CT molecular complexity index is 1090. The molecular weight excluding hydrogens is 453 g/mol. The molecule has 0 aliphatic rings. The number of amides is 1. The molecule has 1 N–H and O–H groups in total. The normalized spacial score (nSPS) is 12.3. The van der Waals surface area contributed by atoms with Gasteiger partial charge in [0, 0.05) is 16.2 Å². The predicted molar refractivity (Wildman–Crippen MR) is 98.9 cm³/mol. The van der Waals surface area contributed by atoms with Gasteiger partial charge >= 0.3 is 6.18 Å². The lowest BCUT2D eigenvalue weighted by Crippen LogP contribution is -2.27. The molecule has 0 fully saturated rings. The minimum Gasteiger partial charge on any atom is -0.342 e. The first-order valence-corrected chi connectivity index (χ1v) is 8.93. The summed E-state index contributed by atoms with van der Waals surface area (Å²) in [7, 11) is 0. The van der Waals surface area contributed by atoms with Gasteiger partial charge in [-0.1, -0.05) is 15.9 Å². The van der Waals surface area contributed by atoms with Gasteiger partial charge in [-0.15, -0.1) is 5.10 Å². The minimum atomic E-state index is -4.57. The van der Waals surface area contributed by atoms with Gasteiger partial charge in [0.1, 0.15) is 12.4 Å². The highest BCUT2D eigenvalue weighted by Gasteiger charge is 2.31. The van der Waals surface area contributed by atoms with Crippen LogP contribution in [-0.4, -0.2) is 25.7 Å². The Balaban J connectivity index is 1.76. The van der Waals surface area contributed by atoms with Crippen molar-refractivity contribution < 1.29 is 18.0 Å². The van der Waals surface area contributed by atoms with Crippen molar-refractivity contribution in [3.8, 4) is 11.9 Å². The maximum Gasteiger partial charge on any atom is 0.416 e. The second kappa shape index (κ2) is 8.00. The molecule has 0 radical (unpaired) electrons. The summed E-state index contributed by atoms with van der Waals surface area (Å²) < 4.78 is 40.4.